The third-order valence-electron chi connectivity index (χ3n) is 4.31. The molecule has 1 nitrogen and oxygen atoms in total. The molecule has 1 aliphatic rings. The fourth-order valence-electron chi connectivity index (χ4n) is 3.39. The fraction of sp³-hybridized carbons (Fsp3) is 0.600. The highest BCUT2D eigenvalue weighted by Crippen LogP contribution is 2.45. The molecule has 0 unspecified atom stereocenters. The fourth-order valence-corrected chi connectivity index (χ4v) is 3.39. The number of hydrogen-bond donors (Lipinski definition) is 1. The Labute approximate surface area is 112 Å². The number of benzene rings is 1. The van der Waals surface area contributed by atoms with Crippen molar-refractivity contribution in [3.8, 4) is 0 Å². The first-order chi connectivity index (χ1) is 8.91. The third-order valence-corrected chi connectivity index (χ3v) is 4.31. The molecule has 1 aromatic carbocycles. The number of nitrogens with two attached hydrogens (primary N) is 1. The Hall–Kier alpha value is -1.03. The summed E-state index contributed by atoms with van der Waals surface area (Å²) < 4.78 is 39.7. The lowest BCUT2D eigenvalue weighted by Crippen LogP contribution is -2.39. The molecule has 19 heavy (non-hydrogen) atoms. The topological polar surface area (TPSA) is 26.0 Å². The average molecular weight is 271 g/mol. The van der Waals surface area contributed by atoms with Crippen LogP contribution in [0.1, 0.15) is 48.8 Å². The van der Waals surface area contributed by atoms with Gasteiger partial charge in [0.15, 0.2) is 0 Å². The Bertz CT molecular complexity index is 445. The normalized spacial score (nSPS) is 19.4. The van der Waals surface area contributed by atoms with Crippen LogP contribution in [0.3, 0.4) is 0 Å². The van der Waals surface area contributed by atoms with Crippen molar-refractivity contribution in [3.63, 3.8) is 0 Å². The number of aryl methyl sites for hydroxylation is 1. The molecule has 2 N–H and O–H groups in total. The van der Waals surface area contributed by atoms with E-state index in [0.29, 0.717) is 17.7 Å². The molecule has 1 aliphatic carbocycles. The van der Waals surface area contributed by atoms with Crippen molar-refractivity contribution in [1.82, 2.24) is 0 Å². The average Bonchev–Trinajstić information content (AvgIpc) is 2.38. The molecule has 1 fully saturated rings. The molecule has 0 saturated heterocycles. The summed E-state index contributed by atoms with van der Waals surface area (Å²) in [4.78, 5) is 0. The molecule has 2 rings (SSSR count). The number of halogens is 3. The summed E-state index contributed by atoms with van der Waals surface area (Å²) >= 11 is 0. The molecule has 0 heterocycles. The van der Waals surface area contributed by atoms with Gasteiger partial charge in [-0.2, -0.15) is 13.2 Å². The lowest BCUT2D eigenvalue weighted by atomic mass is 9.67. The molecule has 0 atom stereocenters. The van der Waals surface area contributed by atoms with Crippen LogP contribution in [0.2, 0.25) is 0 Å². The van der Waals surface area contributed by atoms with Gasteiger partial charge in [-0.3, -0.25) is 0 Å². The highest BCUT2D eigenvalue weighted by molar-refractivity contribution is 5.43. The molecule has 0 aromatic heterocycles. The summed E-state index contributed by atoms with van der Waals surface area (Å²) in [5.74, 6) is 0. The van der Waals surface area contributed by atoms with Crippen molar-refractivity contribution in [3.05, 3.63) is 34.9 Å². The lowest BCUT2D eigenvalue weighted by Gasteiger charge is -2.39. The number of hydrogen-bond acceptors (Lipinski definition) is 1. The van der Waals surface area contributed by atoms with E-state index >= 15 is 0 Å². The molecule has 0 spiro atoms. The van der Waals surface area contributed by atoms with E-state index in [9.17, 15) is 13.2 Å². The summed E-state index contributed by atoms with van der Waals surface area (Å²) in [7, 11) is 0. The number of alkyl halides is 3. The van der Waals surface area contributed by atoms with E-state index in [0.717, 1.165) is 32.1 Å². The summed E-state index contributed by atoms with van der Waals surface area (Å²) in [5.41, 5.74) is 6.04. The van der Waals surface area contributed by atoms with Crippen molar-refractivity contribution < 1.29 is 13.2 Å². The van der Waals surface area contributed by atoms with Gasteiger partial charge >= 0.3 is 6.18 Å². The zero-order valence-corrected chi connectivity index (χ0v) is 11.2. The van der Waals surface area contributed by atoms with Crippen LogP contribution in [0.4, 0.5) is 13.2 Å². The second-order valence-electron chi connectivity index (χ2n) is 5.54. The van der Waals surface area contributed by atoms with E-state index < -0.39 is 17.2 Å². The third kappa shape index (κ3) is 2.64. The summed E-state index contributed by atoms with van der Waals surface area (Å²) in [5, 5.41) is 0. The second kappa shape index (κ2) is 5.16. The van der Waals surface area contributed by atoms with Crippen molar-refractivity contribution >= 4 is 0 Å². The van der Waals surface area contributed by atoms with Crippen molar-refractivity contribution in [2.45, 2.75) is 50.6 Å². The molecular weight excluding hydrogens is 251 g/mol. The zero-order valence-electron chi connectivity index (χ0n) is 11.2. The molecule has 0 amide bonds. The van der Waals surface area contributed by atoms with E-state index in [1.54, 1.807) is 13.0 Å². The highest BCUT2D eigenvalue weighted by Gasteiger charge is 2.42. The van der Waals surface area contributed by atoms with Crippen LogP contribution in [-0.2, 0) is 11.6 Å². The van der Waals surface area contributed by atoms with E-state index in [2.05, 4.69) is 0 Å². The summed E-state index contributed by atoms with van der Waals surface area (Å²) in [6, 6.07) is 4.43. The van der Waals surface area contributed by atoms with Gasteiger partial charge in [-0.05, 0) is 37.0 Å². The maximum Gasteiger partial charge on any atom is 0.416 e. The smallest absolute Gasteiger partial charge is 0.330 e. The first-order valence-electron chi connectivity index (χ1n) is 6.78. The minimum Gasteiger partial charge on any atom is -0.330 e. The van der Waals surface area contributed by atoms with Crippen molar-refractivity contribution in [2.24, 2.45) is 5.73 Å². The van der Waals surface area contributed by atoms with Crippen molar-refractivity contribution in [1.29, 1.82) is 0 Å². The standard InChI is InChI=1S/C15H20F3N/c1-11-6-5-7-12(15(16,17)18)13(11)14(10-19)8-3-2-4-9-14/h5-7H,2-4,8-10,19H2,1H3. The molecule has 0 radical (unpaired) electrons. The Morgan fingerprint density at radius 2 is 1.79 bits per heavy atom. The molecule has 0 aliphatic heterocycles. The molecule has 0 bridgehead atoms. The van der Waals surface area contributed by atoms with Gasteiger partial charge in [-0.25, -0.2) is 0 Å². The van der Waals surface area contributed by atoms with Crippen LogP contribution in [0.15, 0.2) is 18.2 Å². The maximum absolute atomic E-state index is 13.2. The summed E-state index contributed by atoms with van der Waals surface area (Å²) in [6.07, 6.45) is 0.233. The quantitative estimate of drug-likeness (QED) is 0.858. The van der Waals surface area contributed by atoms with Gasteiger partial charge in [-0.15, -0.1) is 0 Å². The summed E-state index contributed by atoms with van der Waals surface area (Å²) in [6.45, 7) is 2.05. The van der Waals surface area contributed by atoms with Crippen LogP contribution in [-0.4, -0.2) is 6.54 Å². The predicted molar refractivity (Wildman–Crippen MR) is 70.0 cm³/mol. The van der Waals surface area contributed by atoms with Gasteiger partial charge in [0.1, 0.15) is 0 Å². The molecule has 1 saturated carbocycles. The number of rotatable bonds is 2. The Morgan fingerprint density at radius 1 is 1.16 bits per heavy atom. The van der Waals surface area contributed by atoms with E-state index in [-0.39, 0.29) is 0 Å². The van der Waals surface area contributed by atoms with Crippen LogP contribution < -0.4 is 5.73 Å². The first kappa shape index (κ1) is 14.4. The maximum atomic E-state index is 13.2. The molecule has 1 aromatic rings. The lowest BCUT2D eigenvalue weighted by molar-refractivity contribution is -0.139. The molecule has 4 heteroatoms. The van der Waals surface area contributed by atoms with Crippen LogP contribution in [0, 0.1) is 6.92 Å². The molecular formula is C15H20F3N. The monoisotopic (exact) mass is 271 g/mol. The Kier molecular flexibility index (Phi) is 3.90. The van der Waals surface area contributed by atoms with Gasteiger partial charge in [0, 0.05) is 12.0 Å². The van der Waals surface area contributed by atoms with Gasteiger partial charge in [0.2, 0.25) is 0 Å². The predicted octanol–water partition coefficient (Wildman–Crippen LogP) is 4.17. The Balaban J connectivity index is 2.59. The van der Waals surface area contributed by atoms with Crippen molar-refractivity contribution in [2.75, 3.05) is 6.54 Å². The Morgan fingerprint density at radius 3 is 2.32 bits per heavy atom. The zero-order chi connectivity index (χ0) is 14.1. The van der Waals surface area contributed by atoms with Crippen LogP contribution >= 0.6 is 0 Å². The van der Waals surface area contributed by atoms with Crippen LogP contribution in [0.25, 0.3) is 0 Å². The highest BCUT2D eigenvalue weighted by atomic mass is 19.4. The van der Waals surface area contributed by atoms with E-state index in [1.807, 2.05) is 0 Å². The van der Waals surface area contributed by atoms with E-state index in [4.69, 9.17) is 5.73 Å². The van der Waals surface area contributed by atoms with E-state index in [1.165, 1.54) is 12.1 Å². The van der Waals surface area contributed by atoms with Gasteiger partial charge in [-0.1, -0.05) is 31.4 Å². The van der Waals surface area contributed by atoms with Crippen LogP contribution in [0.5, 0.6) is 0 Å². The minimum atomic E-state index is -4.30. The van der Waals surface area contributed by atoms with Gasteiger partial charge < -0.3 is 5.73 Å². The first-order valence-corrected chi connectivity index (χ1v) is 6.78. The molecule has 106 valence electrons. The second-order valence-corrected chi connectivity index (χ2v) is 5.54. The largest absolute Gasteiger partial charge is 0.416 e. The van der Waals surface area contributed by atoms with Gasteiger partial charge in [0.25, 0.3) is 0 Å². The minimum absolute atomic E-state index is 0.293. The SMILES string of the molecule is Cc1cccc(C(F)(F)F)c1C1(CN)CCCCC1. The van der Waals surface area contributed by atoms with Gasteiger partial charge in [0.05, 0.1) is 5.56 Å².